The molecule has 2 N–H and O–H groups in total. The maximum absolute atomic E-state index is 11.3. The monoisotopic (exact) mass is 471 g/mol. The Labute approximate surface area is 162 Å². The molecule has 0 radical (unpaired) electrons. The Bertz CT molecular complexity index is 573. The fourth-order valence-corrected chi connectivity index (χ4v) is 2.68. The number of guanidine groups is 1. The summed E-state index contributed by atoms with van der Waals surface area (Å²) in [5.74, 6) is 1.79. The predicted octanol–water partition coefficient (Wildman–Crippen LogP) is 2.60. The van der Waals surface area contributed by atoms with Gasteiger partial charge >= 0.3 is 0 Å². The van der Waals surface area contributed by atoms with Gasteiger partial charge in [0.1, 0.15) is 15.6 Å². The van der Waals surface area contributed by atoms with Crippen LogP contribution in [0.5, 0.6) is 0 Å². The molecule has 1 heterocycles. The highest BCUT2D eigenvalue weighted by Gasteiger charge is 2.11. The van der Waals surface area contributed by atoms with Gasteiger partial charge in [0.15, 0.2) is 5.96 Å². The molecule has 1 aromatic rings. The Morgan fingerprint density at radius 3 is 2.50 bits per heavy atom. The predicted molar refractivity (Wildman–Crippen MR) is 110 cm³/mol. The topological polar surface area (TPSA) is 83.7 Å². The van der Waals surface area contributed by atoms with Crippen molar-refractivity contribution in [2.24, 2.45) is 4.99 Å². The Morgan fingerprint density at radius 1 is 1.29 bits per heavy atom. The van der Waals surface area contributed by atoms with Crippen molar-refractivity contribution >= 4 is 39.8 Å². The van der Waals surface area contributed by atoms with E-state index in [1.807, 2.05) is 19.1 Å². The maximum atomic E-state index is 11.3. The Hall–Kier alpha value is -0.770. The highest BCUT2D eigenvalue weighted by molar-refractivity contribution is 14.0. The summed E-state index contributed by atoms with van der Waals surface area (Å²) in [6, 6.07) is 4.12. The van der Waals surface area contributed by atoms with Crippen LogP contribution in [-0.4, -0.2) is 45.0 Å². The quantitative estimate of drug-likeness (QED) is 0.329. The molecule has 2 unspecified atom stereocenters. The van der Waals surface area contributed by atoms with Gasteiger partial charge in [-0.15, -0.1) is 24.0 Å². The average Bonchev–Trinajstić information content (AvgIpc) is 2.97. The first-order chi connectivity index (χ1) is 10.8. The summed E-state index contributed by atoms with van der Waals surface area (Å²) >= 11 is 0. The van der Waals surface area contributed by atoms with Crippen LogP contribution in [0.25, 0.3) is 0 Å². The first kappa shape index (κ1) is 23.2. The van der Waals surface area contributed by atoms with Crippen LogP contribution in [0.4, 0.5) is 0 Å². The van der Waals surface area contributed by atoms with Gasteiger partial charge in [-0.1, -0.05) is 6.92 Å². The van der Waals surface area contributed by atoms with Gasteiger partial charge in [0.2, 0.25) is 0 Å². The SMILES string of the molecule is CCC(C)NC(=NCCc1ccco1)NC(C)CCS(C)(=O)=O.I. The Kier molecular flexibility index (Phi) is 11.4. The van der Waals surface area contributed by atoms with Crippen molar-refractivity contribution in [3.8, 4) is 0 Å². The summed E-state index contributed by atoms with van der Waals surface area (Å²) < 4.78 is 27.8. The zero-order valence-corrected chi connectivity index (χ0v) is 18.1. The Balaban J connectivity index is 0.00000529. The fraction of sp³-hybridized carbons (Fsp3) is 0.688. The lowest BCUT2D eigenvalue weighted by Crippen LogP contribution is -2.46. The number of hydrogen-bond donors (Lipinski definition) is 2. The van der Waals surface area contributed by atoms with Crippen LogP contribution in [0.15, 0.2) is 27.8 Å². The Morgan fingerprint density at radius 2 is 1.96 bits per heavy atom. The molecule has 2 atom stereocenters. The zero-order valence-electron chi connectivity index (χ0n) is 14.9. The van der Waals surface area contributed by atoms with Gasteiger partial charge in [0, 0.05) is 31.3 Å². The third kappa shape index (κ3) is 10.9. The highest BCUT2D eigenvalue weighted by Crippen LogP contribution is 2.01. The summed E-state index contributed by atoms with van der Waals surface area (Å²) in [4.78, 5) is 4.56. The largest absolute Gasteiger partial charge is 0.469 e. The molecule has 0 bridgehead atoms. The molecule has 0 saturated heterocycles. The van der Waals surface area contributed by atoms with E-state index >= 15 is 0 Å². The third-order valence-corrected chi connectivity index (χ3v) is 4.49. The van der Waals surface area contributed by atoms with E-state index in [4.69, 9.17) is 4.42 Å². The second-order valence-corrected chi connectivity index (χ2v) is 8.24. The third-order valence-electron chi connectivity index (χ3n) is 3.51. The summed E-state index contributed by atoms with van der Waals surface area (Å²) in [5, 5.41) is 6.61. The van der Waals surface area contributed by atoms with E-state index in [0.717, 1.165) is 18.6 Å². The van der Waals surface area contributed by atoms with E-state index < -0.39 is 9.84 Å². The fourth-order valence-electron chi connectivity index (χ4n) is 1.90. The first-order valence-electron chi connectivity index (χ1n) is 8.07. The molecule has 8 heteroatoms. The van der Waals surface area contributed by atoms with Crippen LogP contribution >= 0.6 is 24.0 Å². The average molecular weight is 471 g/mol. The van der Waals surface area contributed by atoms with Gasteiger partial charge in [-0.25, -0.2) is 8.42 Å². The van der Waals surface area contributed by atoms with Gasteiger partial charge in [-0.05, 0) is 38.8 Å². The number of sulfone groups is 1. The molecule has 0 aliphatic rings. The van der Waals surface area contributed by atoms with Crippen molar-refractivity contribution in [1.82, 2.24) is 10.6 Å². The molecule has 0 spiro atoms. The highest BCUT2D eigenvalue weighted by atomic mass is 127. The number of halogens is 1. The lowest BCUT2D eigenvalue weighted by atomic mass is 10.2. The van der Waals surface area contributed by atoms with Gasteiger partial charge in [-0.2, -0.15) is 0 Å². The van der Waals surface area contributed by atoms with Crippen LogP contribution < -0.4 is 10.6 Å². The molecule has 1 aromatic heterocycles. The molecule has 0 aliphatic carbocycles. The summed E-state index contributed by atoms with van der Waals surface area (Å²) in [7, 11) is -2.94. The molecular weight excluding hydrogens is 441 g/mol. The van der Waals surface area contributed by atoms with E-state index in [-0.39, 0.29) is 35.8 Å². The number of rotatable bonds is 9. The van der Waals surface area contributed by atoms with Crippen molar-refractivity contribution in [1.29, 1.82) is 0 Å². The molecule has 0 fully saturated rings. The number of hydrogen-bond acceptors (Lipinski definition) is 4. The number of nitrogens with zero attached hydrogens (tertiary/aromatic N) is 1. The normalized spacial score (nSPS) is 14.6. The second kappa shape index (κ2) is 11.7. The van der Waals surface area contributed by atoms with E-state index in [1.54, 1.807) is 6.26 Å². The molecule has 0 amide bonds. The number of aliphatic imine (C=N–C) groups is 1. The molecule has 0 aromatic carbocycles. The first-order valence-corrected chi connectivity index (χ1v) is 10.1. The smallest absolute Gasteiger partial charge is 0.191 e. The summed E-state index contributed by atoms with van der Waals surface area (Å²) in [5.41, 5.74) is 0. The maximum Gasteiger partial charge on any atom is 0.191 e. The van der Waals surface area contributed by atoms with Crippen LogP contribution in [0, 0.1) is 0 Å². The van der Waals surface area contributed by atoms with E-state index in [9.17, 15) is 8.42 Å². The van der Waals surface area contributed by atoms with Crippen LogP contribution in [0.3, 0.4) is 0 Å². The summed E-state index contributed by atoms with van der Waals surface area (Å²) in [6.45, 7) is 6.76. The molecule has 0 saturated carbocycles. The van der Waals surface area contributed by atoms with Crippen LogP contribution in [0.1, 0.15) is 39.4 Å². The van der Waals surface area contributed by atoms with Crippen LogP contribution in [-0.2, 0) is 16.3 Å². The molecule has 24 heavy (non-hydrogen) atoms. The number of nitrogens with one attached hydrogen (secondary N) is 2. The van der Waals surface area contributed by atoms with Crippen molar-refractivity contribution < 1.29 is 12.8 Å². The van der Waals surface area contributed by atoms with E-state index in [1.165, 1.54) is 6.26 Å². The minimum Gasteiger partial charge on any atom is -0.469 e. The van der Waals surface area contributed by atoms with Gasteiger partial charge < -0.3 is 15.1 Å². The van der Waals surface area contributed by atoms with Gasteiger partial charge in [-0.3, -0.25) is 4.99 Å². The standard InChI is InChI=1S/C16H29N3O3S.HI/c1-5-13(2)18-16(17-10-8-15-7-6-11-22-15)19-14(3)9-12-23(4,20)21;/h6-7,11,13-14H,5,8-10,12H2,1-4H3,(H2,17,18,19);1H. The van der Waals surface area contributed by atoms with Crippen molar-refractivity contribution in [3.63, 3.8) is 0 Å². The molecule has 1 rings (SSSR count). The second-order valence-electron chi connectivity index (χ2n) is 5.98. The lowest BCUT2D eigenvalue weighted by molar-refractivity contribution is 0.510. The van der Waals surface area contributed by atoms with E-state index in [0.29, 0.717) is 25.0 Å². The van der Waals surface area contributed by atoms with Crippen molar-refractivity contribution in [2.75, 3.05) is 18.6 Å². The van der Waals surface area contributed by atoms with E-state index in [2.05, 4.69) is 29.5 Å². The molecule has 6 nitrogen and oxygen atoms in total. The zero-order chi connectivity index (χ0) is 17.3. The number of furan rings is 1. The minimum atomic E-state index is -2.94. The molecule has 0 aliphatic heterocycles. The minimum absolute atomic E-state index is 0. The van der Waals surface area contributed by atoms with Gasteiger partial charge in [0.25, 0.3) is 0 Å². The molecular formula is C16H30IN3O3S. The summed E-state index contributed by atoms with van der Waals surface area (Å²) in [6.07, 6.45) is 5.19. The van der Waals surface area contributed by atoms with Crippen LogP contribution in [0.2, 0.25) is 0 Å². The molecule has 140 valence electrons. The lowest BCUT2D eigenvalue weighted by Gasteiger charge is -2.21. The van der Waals surface area contributed by atoms with Crippen molar-refractivity contribution in [2.45, 2.75) is 52.1 Å². The van der Waals surface area contributed by atoms with Crippen molar-refractivity contribution in [3.05, 3.63) is 24.2 Å². The van der Waals surface area contributed by atoms with Gasteiger partial charge in [0.05, 0.1) is 12.0 Å².